The van der Waals surface area contributed by atoms with Crippen LogP contribution in [-0.2, 0) is 15.3 Å². The van der Waals surface area contributed by atoms with Crippen LogP contribution in [0.15, 0.2) is 29.2 Å². The zero-order chi connectivity index (χ0) is 13.8. The first-order valence-corrected chi connectivity index (χ1v) is 8.94. The molecule has 0 saturated carbocycles. The van der Waals surface area contributed by atoms with Crippen molar-refractivity contribution in [1.29, 1.82) is 0 Å². The van der Waals surface area contributed by atoms with Crippen LogP contribution in [0.4, 0.5) is 0 Å². The Morgan fingerprint density at radius 3 is 2.06 bits per heavy atom. The molecule has 102 valence electrons. The molecule has 0 atom stereocenters. The van der Waals surface area contributed by atoms with Gasteiger partial charge < -0.3 is 0 Å². The Morgan fingerprint density at radius 2 is 1.61 bits per heavy atom. The van der Waals surface area contributed by atoms with Crippen molar-refractivity contribution in [3.05, 3.63) is 29.8 Å². The topological polar surface area (TPSA) is 34.1 Å². The normalized spacial score (nSPS) is 12.7. The summed E-state index contributed by atoms with van der Waals surface area (Å²) in [6.07, 6.45) is 1.59. The summed E-state index contributed by atoms with van der Waals surface area (Å²) in [6.45, 7) is 6.35. The maximum atomic E-state index is 12.1. The minimum Gasteiger partial charge on any atom is -0.224 e. The number of benzene rings is 1. The van der Waals surface area contributed by atoms with Crippen molar-refractivity contribution in [3.8, 4) is 0 Å². The molecule has 0 fully saturated rings. The monoisotopic (exact) mass is 332 g/mol. The quantitative estimate of drug-likeness (QED) is 0.604. The molecule has 1 aromatic carbocycles. The summed E-state index contributed by atoms with van der Waals surface area (Å²) in [4.78, 5) is 0.435. The van der Waals surface area contributed by atoms with Crippen molar-refractivity contribution >= 4 is 25.8 Å². The molecule has 0 unspecified atom stereocenters. The largest absolute Gasteiger partial charge is 0.224 e. The maximum Gasteiger partial charge on any atom is 0.178 e. The van der Waals surface area contributed by atoms with E-state index in [4.69, 9.17) is 0 Å². The van der Waals surface area contributed by atoms with Crippen molar-refractivity contribution in [1.82, 2.24) is 0 Å². The molecule has 0 radical (unpaired) electrons. The second-order valence-electron chi connectivity index (χ2n) is 5.49. The Hall–Kier alpha value is -0.350. The molecule has 4 heteroatoms. The van der Waals surface area contributed by atoms with Crippen molar-refractivity contribution < 1.29 is 8.42 Å². The number of hydrogen-bond donors (Lipinski definition) is 0. The first-order valence-electron chi connectivity index (χ1n) is 6.16. The lowest BCUT2D eigenvalue weighted by atomic mass is 9.87. The highest BCUT2D eigenvalue weighted by molar-refractivity contribution is 9.09. The summed E-state index contributed by atoms with van der Waals surface area (Å²) in [5.74, 6) is 0.230. The van der Waals surface area contributed by atoms with E-state index in [0.717, 1.165) is 17.3 Å². The van der Waals surface area contributed by atoms with Gasteiger partial charge in [0, 0.05) is 5.33 Å². The predicted molar refractivity (Wildman–Crippen MR) is 80.2 cm³/mol. The van der Waals surface area contributed by atoms with Crippen LogP contribution in [0.1, 0.15) is 39.2 Å². The van der Waals surface area contributed by atoms with Gasteiger partial charge in [-0.1, -0.05) is 48.8 Å². The molecular weight excluding hydrogens is 312 g/mol. The Balaban J connectivity index is 2.85. The summed E-state index contributed by atoms with van der Waals surface area (Å²) < 4.78 is 24.1. The van der Waals surface area contributed by atoms with Gasteiger partial charge in [0.1, 0.15) is 0 Å². The smallest absolute Gasteiger partial charge is 0.178 e. The van der Waals surface area contributed by atoms with Gasteiger partial charge in [0.15, 0.2) is 9.84 Å². The fraction of sp³-hybridized carbons (Fsp3) is 0.571. The minimum atomic E-state index is -3.12. The van der Waals surface area contributed by atoms with Crippen molar-refractivity contribution in [3.63, 3.8) is 0 Å². The second-order valence-corrected chi connectivity index (χ2v) is 8.39. The van der Waals surface area contributed by atoms with Crippen LogP contribution in [0.3, 0.4) is 0 Å². The molecule has 18 heavy (non-hydrogen) atoms. The summed E-state index contributed by atoms with van der Waals surface area (Å²) in [7, 11) is -3.12. The fourth-order valence-corrected chi connectivity index (χ4v) is 3.43. The Morgan fingerprint density at radius 1 is 1.06 bits per heavy atom. The number of rotatable bonds is 5. The number of unbranched alkanes of at least 4 members (excludes halogenated alkanes) is 1. The average molecular weight is 333 g/mol. The molecule has 2 nitrogen and oxygen atoms in total. The van der Waals surface area contributed by atoms with Gasteiger partial charge in [-0.05, 0) is 36.0 Å². The van der Waals surface area contributed by atoms with E-state index in [1.807, 2.05) is 12.1 Å². The minimum absolute atomic E-state index is 0.0538. The van der Waals surface area contributed by atoms with E-state index in [2.05, 4.69) is 36.7 Å². The van der Waals surface area contributed by atoms with Crippen LogP contribution in [0.25, 0.3) is 0 Å². The third kappa shape index (κ3) is 4.39. The van der Waals surface area contributed by atoms with E-state index in [9.17, 15) is 8.42 Å². The fourth-order valence-electron chi connectivity index (χ4n) is 1.67. The van der Waals surface area contributed by atoms with Gasteiger partial charge in [0.05, 0.1) is 10.6 Å². The number of sulfone groups is 1. The first-order chi connectivity index (χ1) is 8.27. The molecule has 1 rings (SSSR count). The van der Waals surface area contributed by atoms with Crippen molar-refractivity contribution in [2.75, 3.05) is 11.1 Å². The molecule has 0 saturated heterocycles. The SMILES string of the molecule is CC(C)(C)c1ccc(S(=O)(=O)CCCCBr)cc1. The molecule has 0 bridgehead atoms. The highest BCUT2D eigenvalue weighted by Gasteiger charge is 2.17. The molecule has 0 aliphatic rings. The van der Waals surface area contributed by atoms with Gasteiger partial charge in [-0.2, -0.15) is 0 Å². The van der Waals surface area contributed by atoms with Gasteiger partial charge >= 0.3 is 0 Å². The Kier molecular flexibility index (Phi) is 5.41. The van der Waals surface area contributed by atoms with Crippen LogP contribution >= 0.6 is 15.9 Å². The molecule has 0 heterocycles. The zero-order valence-corrected chi connectivity index (χ0v) is 13.6. The zero-order valence-electron chi connectivity index (χ0n) is 11.2. The highest BCUT2D eigenvalue weighted by atomic mass is 79.9. The molecule has 0 aliphatic heterocycles. The van der Waals surface area contributed by atoms with Crippen molar-refractivity contribution in [2.45, 2.75) is 43.9 Å². The van der Waals surface area contributed by atoms with E-state index in [0.29, 0.717) is 11.3 Å². The van der Waals surface area contributed by atoms with Crippen LogP contribution in [0, 0.1) is 0 Å². The van der Waals surface area contributed by atoms with Crippen LogP contribution in [0.5, 0.6) is 0 Å². The average Bonchev–Trinajstić information content (AvgIpc) is 2.28. The number of alkyl halides is 1. The molecular formula is C14H21BrO2S. The molecule has 0 amide bonds. The van der Waals surface area contributed by atoms with E-state index < -0.39 is 9.84 Å². The van der Waals surface area contributed by atoms with E-state index >= 15 is 0 Å². The van der Waals surface area contributed by atoms with E-state index in [1.165, 1.54) is 0 Å². The van der Waals surface area contributed by atoms with Gasteiger partial charge in [-0.15, -0.1) is 0 Å². The van der Waals surface area contributed by atoms with Gasteiger partial charge in [-0.25, -0.2) is 8.42 Å². The van der Waals surface area contributed by atoms with Gasteiger partial charge in [0.25, 0.3) is 0 Å². The second kappa shape index (κ2) is 6.20. The van der Waals surface area contributed by atoms with E-state index in [-0.39, 0.29) is 11.2 Å². The predicted octanol–water partition coefficient (Wildman–Crippen LogP) is 3.93. The lowest BCUT2D eigenvalue weighted by Gasteiger charge is -2.19. The molecule has 0 aliphatic carbocycles. The highest BCUT2D eigenvalue weighted by Crippen LogP contribution is 2.24. The van der Waals surface area contributed by atoms with Crippen molar-refractivity contribution in [2.24, 2.45) is 0 Å². The Bertz CT molecular complexity index is 470. The van der Waals surface area contributed by atoms with E-state index in [1.54, 1.807) is 12.1 Å². The number of halogens is 1. The van der Waals surface area contributed by atoms with Crippen LogP contribution in [-0.4, -0.2) is 19.5 Å². The summed E-state index contributed by atoms with van der Waals surface area (Å²) >= 11 is 3.31. The lowest BCUT2D eigenvalue weighted by Crippen LogP contribution is -2.12. The third-order valence-electron chi connectivity index (χ3n) is 2.88. The van der Waals surface area contributed by atoms with Gasteiger partial charge in [0.2, 0.25) is 0 Å². The summed E-state index contributed by atoms with van der Waals surface area (Å²) in [5, 5.41) is 0.853. The lowest BCUT2D eigenvalue weighted by molar-refractivity contribution is 0.585. The maximum absolute atomic E-state index is 12.1. The third-order valence-corrected chi connectivity index (χ3v) is 5.25. The molecule has 0 spiro atoms. The van der Waals surface area contributed by atoms with Crippen LogP contribution in [0.2, 0.25) is 0 Å². The molecule has 1 aromatic rings. The standard InChI is InChI=1S/C14H21BrO2S/c1-14(2,3)12-6-8-13(9-7-12)18(16,17)11-5-4-10-15/h6-9H,4-5,10-11H2,1-3H3. The summed E-state index contributed by atoms with van der Waals surface area (Å²) in [6, 6.07) is 7.28. The molecule has 0 N–H and O–H groups in total. The van der Waals surface area contributed by atoms with Crippen LogP contribution < -0.4 is 0 Å². The van der Waals surface area contributed by atoms with Gasteiger partial charge in [-0.3, -0.25) is 0 Å². The molecule has 0 aromatic heterocycles. The first kappa shape index (κ1) is 15.7. The summed E-state index contributed by atoms with van der Waals surface area (Å²) in [5.41, 5.74) is 1.21. The number of hydrogen-bond acceptors (Lipinski definition) is 2. The Labute approximate surface area is 119 Å².